The normalized spacial score (nSPS) is 16.4. The molecule has 2 N–H and O–H groups in total. The fraction of sp³-hybridized carbons (Fsp3) is 0.414. The minimum atomic E-state index is -4.13. The molecular formula is C29H32N4O6S2. The van der Waals surface area contributed by atoms with Crippen molar-refractivity contribution in [3.8, 4) is 11.3 Å². The SMILES string of the molecule is Cc1ccccc1-c1noc(C2CC2)c1COC1CCN(c2nc3ccc(C(=O)NCCS(=O)(=O)O)cc3s2)CC1. The Labute approximate surface area is 242 Å². The van der Waals surface area contributed by atoms with Crippen molar-refractivity contribution in [1.29, 1.82) is 0 Å². The first-order chi connectivity index (χ1) is 19.7. The number of thiazole rings is 1. The Balaban J connectivity index is 1.07. The van der Waals surface area contributed by atoms with Crippen molar-refractivity contribution in [1.82, 2.24) is 15.5 Å². The number of hydrogen-bond donors (Lipinski definition) is 2. The van der Waals surface area contributed by atoms with Gasteiger partial charge >= 0.3 is 0 Å². The van der Waals surface area contributed by atoms with Gasteiger partial charge in [-0.25, -0.2) is 4.98 Å². The molecule has 1 saturated carbocycles. The first-order valence-corrected chi connectivity index (χ1v) is 16.2. The van der Waals surface area contributed by atoms with Crippen LogP contribution in [-0.2, 0) is 21.5 Å². The van der Waals surface area contributed by atoms with Gasteiger partial charge in [0.05, 0.1) is 28.7 Å². The third-order valence-electron chi connectivity index (χ3n) is 7.63. The molecule has 216 valence electrons. The van der Waals surface area contributed by atoms with Crippen LogP contribution in [0.5, 0.6) is 0 Å². The molecule has 12 heteroatoms. The van der Waals surface area contributed by atoms with E-state index in [1.165, 1.54) is 16.9 Å². The summed E-state index contributed by atoms with van der Waals surface area (Å²) in [5, 5.41) is 7.88. The second-order valence-electron chi connectivity index (χ2n) is 10.7. The van der Waals surface area contributed by atoms with Crippen LogP contribution in [-0.4, -0.2) is 60.5 Å². The number of fused-ring (bicyclic) bond motifs is 1. The summed E-state index contributed by atoms with van der Waals surface area (Å²) in [7, 11) is -4.13. The van der Waals surface area contributed by atoms with Gasteiger partial charge in [-0.15, -0.1) is 0 Å². The number of ether oxygens (including phenoxy) is 1. The van der Waals surface area contributed by atoms with Gasteiger partial charge in [-0.05, 0) is 56.4 Å². The van der Waals surface area contributed by atoms with Gasteiger partial charge in [0, 0.05) is 42.2 Å². The van der Waals surface area contributed by atoms with E-state index in [0.29, 0.717) is 18.1 Å². The largest absolute Gasteiger partial charge is 0.373 e. The highest BCUT2D eigenvalue weighted by Gasteiger charge is 2.33. The number of nitrogens with one attached hydrogen (secondary N) is 1. The van der Waals surface area contributed by atoms with Crippen LogP contribution in [0, 0.1) is 6.92 Å². The van der Waals surface area contributed by atoms with Crippen LogP contribution in [0.25, 0.3) is 21.5 Å². The van der Waals surface area contributed by atoms with E-state index in [1.807, 2.05) is 12.1 Å². The molecule has 2 aromatic heterocycles. The lowest BCUT2D eigenvalue weighted by molar-refractivity contribution is 0.0246. The summed E-state index contributed by atoms with van der Waals surface area (Å²) < 4.78 is 43.8. The molecule has 0 bridgehead atoms. The average molecular weight is 597 g/mol. The van der Waals surface area contributed by atoms with Gasteiger partial charge < -0.3 is 19.5 Å². The van der Waals surface area contributed by atoms with Crippen molar-refractivity contribution in [2.75, 3.05) is 30.3 Å². The summed E-state index contributed by atoms with van der Waals surface area (Å²) in [4.78, 5) is 19.4. The minimum absolute atomic E-state index is 0.130. The monoisotopic (exact) mass is 596 g/mol. The van der Waals surface area contributed by atoms with Crippen LogP contribution in [0.2, 0.25) is 0 Å². The average Bonchev–Trinajstić information content (AvgIpc) is 3.56. The molecule has 41 heavy (non-hydrogen) atoms. The number of amides is 1. The Morgan fingerprint density at radius 3 is 2.68 bits per heavy atom. The molecule has 0 atom stereocenters. The van der Waals surface area contributed by atoms with Gasteiger partial charge in [-0.1, -0.05) is 40.8 Å². The van der Waals surface area contributed by atoms with Crippen molar-refractivity contribution in [3.05, 3.63) is 64.9 Å². The summed E-state index contributed by atoms with van der Waals surface area (Å²) >= 11 is 1.53. The number of rotatable bonds is 10. The van der Waals surface area contributed by atoms with E-state index in [1.54, 1.807) is 18.2 Å². The molecule has 2 aliphatic rings. The highest BCUT2D eigenvalue weighted by Crippen LogP contribution is 2.44. The Hall–Kier alpha value is -3.32. The minimum Gasteiger partial charge on any atom is -0.373 e. The van der Waals surface area contributed by atoms with Crippen LogP contribution >= 0.6 is 11.3 Å². The van der Waals surface area contributed by atoms with Crippen LogP contribution in [0.1, 0.15) is 58.8 Å². The van der Waals surface area contributed by atoms with Gasteiger partial charge in [-0.3, -0.25) is 9.35 Å². The predicted molar refractivity (Wildman–Crippen MR) is 157 cm³/mol. The number of anilines is 1. The van der Waals surface area contributed by atoms with Crippen molar-refractivity contribution in [2.45, 2.75) is 51.2 Å². The zero-order chi connectivity index (χ0) is 28.6. The number of nitrogens with zero attached hydrogens (tertiary/aromatic N) is 3. The van der Waals surface area contributed by atoms with Crippen LogP contribution in [0.15, 0.2) is 47.0 Å². The molecule has 2 fully saturated rings. The quantitative estimate of drug-likeness (QED) is 0.244. The van der Waals surface area contributed by atoms with E-state index in [2.05, 4.69) is 34.4 Å². The molecule has 10 nitrogen and oxygen atoms in total. The molecule has 1 amide bonds. The summed E-state index contributed by atoms with van der Waals surface area (Å²) in [6, 6.07) is 13.5. The molecule has 0 spiro atoms. The number of piperidine rings is 1. The summed E-state index contributed by atoms with van der Waals surface area (Å²) in [6.07, 6.45) is 4.15. The smallest absolute Gasteiger partial charge is 0.266 e. The van der Waals surface area contributed by atoms with Crippen molar-refractivity contribution in [2.24, 2.45) is 0 Å². The number of benzene rings is 2. The number of hydrogen-bond acceptors (Lipinski definition) is 9. The molecule has 0 radical (unpaired) electrons. The molecule has 1 saturated heterocycles. The van der Waals surface area contributed by atoms with Gasteiger partial charge in [0.2, 0.25) is 0 Å². The van der Waals surface area contributed by atoms with Gasteiger partial charge in [0.25, 0.3) is 16.0 Å². The third kappa shape index (κ3) is 6.45. The number of aryl methyl sites for hydroxylation is 1. The second-order valence-corrected chi connectivity index (χ2v) is 13.3. The molecule has 6 rings (SSSR count). The highest BCUT2D eigenvalue weighted by molar-refractivity contribution is 7.85. The molecule has 2 aromatic carbocycles. The van der Waals surface area contributed by atoms with Crippen molar-refractivity contribution < 1.29 is 27.0 Å². The number of carbonyl (C=O) groups is 1. The molecule has 3 heterocycles. The summed E-state index contributed by atoms with van der Waals surface area (Å²) in [5.74, 6) is 0.497. The molecule has 1 aliphatic carbocycles. The van der Waals surface area contributed by atoms with Crippen LogP contribution < -0.4 is 10.2 Å². The maximum absolute atomic E-state index is 12.4. The second kappa shape index (κ2) is 11.5. The lowest BCUT2D eigenvalue weighted by Gasteiger charge is -2.31. The van der Waals surface area contributed by atoms with E-state index in [9.17, 15) is 13.2 Å². The standard InChI is InChI=1S/C29H32N4O6S2/c1-18-4-2-3-5-22(18)26-23(27(39-32-26)19-6-7-19)17-38-21-10-13-33(14-11-21)29-31-24-9-8-20(16-25(24)40-29)28(34)30-12-15-41(35,36)37/h2-5,8-9,16,19,21H,6-7,10-15,17H2,1H3,(H,30,34)(H,35,36,37). The van der Waals surface area contributed by atoms with E-state index < -0.39 is 21.8 Å². The van der Waals surface area contributed by atoms with Crippen molar-refractivity contribution in [3.63, 3.8) is 0 Å². The lowest BCUT2D eigenvalue weighted by Crippen LogP contribution is -2.36. The Morgan fingerprint density at radius 1 is 1.17 bits per heavy atom. The van der Waals surface area contributed by atoms with E-state index in [4.69, 9.17) is 18.8 Å². The Kier molecular flexibility index (Phi) is 7.82. The van der Waals surface area contributed by atoms with Crippen LogP contribution in [0.4, 0.5) is 5.13 Å². The Bertz CT molecular complexity index is 1670. The van der Waals surface area contributed by atoms with E-state index >= 15 is 0 Å². The molecule has 0 unspecified atom stereocenters. The maximum Gasteiger partial charge on any atom is 0.266 e. The van der Waals surface area contributed by atoms with Crippen LogP contribution in [0.3, 0.4) is 0 Å². The lowest BCUT2D eigenvalue weighted by atomic mass is 10.0. The fourth-order valence-corrected chi connectivity index (χ4v) is 6.59. The molecule has 4 aromatic rings. The summed E-state index contributed by atoms with van der Waals surface area (Å²) in [5.41, 5.74) is 5.45. The molecular weight excluding hydrogens is 564 g/mol. The number of carbonyl (C=O) groups excluding carboxylic acids is 1. The fourth-order valence-electron chi connectivity index (χ4n) is 5.18. The zero-order valence-corrected chi connectivity index (χ0v) is 24.3. The number of aromatic nitrogens is 2. The third-order valence-corrected chi connectivity index (χ3v) is 9.43. The zero-order valence-electron chi connectivity index (χ0n) is 22.7. The Morgan fingerprint density at radius 2 is 1.95 bits per heavy atom. The van der Waals surface area contributed by atoms with E-state index in [0.717, 1.165) is 76.7 Å². The van der Waals surface area contributed by atoms with Gasteiger partial charge in [0.15, 0.2) is 5.13 Å². The molecule has 1 aliphatic heterocycles. The first kappa shape index (κ1) is 27.8. The summed E-state index contributed by atoms with van der Waals surface area (Å²) in [6.45, 7) is 4.05. The topological polar surface area (TPSA) is 135 Å². The first-order valence-electron chi connectivity index (χ1n) is 13.8. The maximum atomic E-state index is 12.4. The van der Waals surface area contributed by atoms with Gasteiger partial charge in [0.1, 0.15) is 11.5 Å². The van der Waals surface area contributed by atoms with E-state index in [-0.39, 0.29) is 12.6 Å². The highest BCUT2D eigenvalue weighted by atomic mass is 32.2. The predicted octanol–water partition coefficient (Wildman–Crippen LogP) is 4.94. The van der Waals surface area contributed by atoms with Crippen molar-refractivity contribution >= 4 is 42.7 Å². The van der Waals surface area contributed by atoms with Gasteiger partial charge in [-0.2, -0.15) is 8.42 Å².